The van der Waals surface area contributed by atoms with Gasteiger partial charge in [0.15, 0.2) is 0 Å². The van der Waals surface area contributed by atoms with Gasteiger partial charge in [0, 0.05) is 6.07 Å². The van der Waals surface area contributed by atoms with Crippen molar-refractivity contribution in [2.75, 3.05) is 0 Å². The molecule has 4 heteroatoms. The SMILES string of the molecule is CCCCC1CCC(c2ccc(C(=O)Oc3ccc(C#N)c(F)c3)cc2)CC1. The van der Waals surface area contributed by atoms with Crippen LogP contribution in [-0.2, 0) is 0 Å². The summed E-state index contributed by atoms with van der Waals surface area (Å²) in [6, 6.07) is 13.1. The summed E-state index contributed by atoms with van der Waals surface area (Å²) in [5.41, 5.74) is 1.63. The zero-order chi connectivity index (χ0) is 19.9. The van der Waals surface area contributed by atoms with Crippen LogP contribution in [0.2, 0.25) is 0 Å². The lowest BCUT2D eigenvalue weighted by Gasteiger charge is -2.28. The number of halogens is 1. The number of carbonyl (C=O) groups is 1. The number of unbranched alkanes of at least 4 members (excludes halogenated alkanes) is 1. The smallest absolute Gasteiger partial charge is 0.343 e. The van der Waals surface area contributed by atoms with Crippen LogP contribution in [0.3, 0.4) is 0 Å². The summed E-state index contributed by atoms with van der Waals surface area (Å²) < 4.78 is 18.9. The summed E-state index contributed by atoms with van der Waals surface area (Å²) in [6.07, 6.45) is 8.95. The highest BCUT2D eigenvalue weighted by molar-refractivity contribution is 5.91. The Labute approximate surface area is 166 Å². The van der Waals surface area contributed by atoms with E-state index in [2.05, 4.69) is 6.92 Å². The number of esters is 1. The number of nitrogens with zero attached hydrogens (tertiary/aromatic N) is 1. The third-order valence-corrected chi connectivity index (χ3v) is 5.70. The van der Waals surface area contributed by atoms with E-state index < -0.39 is 11.8 Å². The van der Waals surface area contributed by atoms with E-state index in [4.69, 9.17) is 10.00 Å². The molecule has 28 heavy (non-hydrogen) atoms. The number of hydrogen-bond donors (Lipinski definition) is 0. The molecular formula is C24H26FNO2. The van der Waals surface area contributed by atoms with Crippen LogP contribution in [0.4, 0.5) is 4.39 Å². The van der Waals surface area contributed by atoms with Crippen molar-refractivity contribution in [3.8, 4) is 11.8 Å². The first-order chi connectivity index (χ1) is 13.6. The fourth-order valence-electron chi connectivity index (χ4n) is 3.98. The monoisotopic (exact) mass is 379 g/mol. The van der Waals surface area contributed by atoms with Crippen LogP contribution >= 0.6 is 0 Å². The molecule has 0 unspecified atom stereocenters. The van der Waals surface area contributed by atoms with Crippen molar-refractivity contribution in [3.63, 3.8) is 0 Å². The van der Waals surface area contributed by atoms with Crippen molar-refractivity contribution in [1.29, 1.82) is 5.26 Å². The summed E-state index contributed by atoms with van der Waals surface area (Å²) in [5, 5.41) is 8.76. The van der Waals surface area contributed by atoms with Gasteiger partial charge >= 0.3 is 5.97 Å². The van der Waals surface area contributed by atoms with Crippen LogP contribution in [-0.4, -0.2) is 5.97 Å². The number of benzene rings is 2. The number of hydrogen-bond acceptors (Lipinski definition) is 3. The van der Waals surface area contributed by atoms with Gasteiger partial charge in [-0.05, 0) is 67.3 Å². The van der Waals surface area contributed by atoms with Gasteiger partial charge in [0.05, 0.1) is 11.1 Å². The van der Waals surface area contributed by atoms with Crippen molar-refractivity contribution in [1.82, 2.24) is 0 Å². The Bertz CT molecular complexity index is 846. The zero-order valence-electron chi connectivity index (χ0n) is 16.3. The second-order valence-electron chi connectivity index (χ2n) is 7.62. The molecule has 1 fully saturated rings. The molecule has 0 heterocycles. The van der Waals surface area contributed by atoms with Crippen LogP contribution in [0, 0.1) is 23.1 Å². The van der Waals surface area contributed by atoms with E-state index in [-0.39, 0.29) is 11.3 Å². The van der Waals surface area contributed by atoms with Gasteiger partial charge in [-0.15, -0.1) is 0 Å². The number of ether oxygens (including phenoxy) is 1. The van der Waals surface area contributed by atoms with E-state index >= 15 is 0 Å². The molecule has 3 rings (SSSR count). The van der Waals surface area contributed by atoms with Crippen molar-refractivity contribution in [3.05, 3.63) is 65.0 Å². The topological polar surface area (TPSA) is 50.1 Å². The molecule has 0 amide bonds. The minimum Gasteiger partial charge on any atom is -0.423 e. The minimum absolute atomic E-state index is 0.0754. The maximum Gasteiger partial charge on any atom is 0.343 e. The predicted molar refractivity (Wildman–Crippen MR) is 107 cm³/mol. The van der Waals surface area contributed by atoms with Crippen LogP contribution in [0.1, 0.15) is 79.3 Å². The van der Waals surface area contributed by atoms with Crippen molar-refractivity contribution in [2.24, 2.45) is 5.92 Å². The average Bonchev–Trinajstić information content (AvgIpc) is 2.73. The van der Waals surface area contributed by atoms with Gasteiger partial charge in [0.1, 0.15) is 17.6 Å². The van der Waals surface area contributed by atoms with E-state index in [1.54, 1.807) is 18.2 Å². The minimum atomic E-state index is -0.697. The third-order valence-electron chi connectivity index (χ3n) is 5.70. The van der Waals surface area contributed by atoms with E-state index in [1.807, 2.05) is 12.1 Å². The second-order valence-corrected chi connectivity index (χ2v) is 7.62. The Morgan fingerprint density at radius 1 is 1.14 bits per heavy atom. The Morgan fingerprint density at radius 2 is 1.86 bits per heavy atom. The first kappa shape index (κ1) is 20.1. The molecule has 2 aromatic carbocycles. The predicted octanol–water partition coefficient (Wildman–Crippen LogP) is 6.38. The molecule has 0 spiro atoms. The first-order valence-electron chi connectivity index (χ1n) is 10.1. The van der Waals surface area contributed by atoms with Crippen molar-refractivity contribution >= 4 is 5.97 Å². The molecule has 0 aliphatic heterocycles. The maximum absolute atomic E-state index is 13.6. The molecule has 0 saturated heterocycles. The fraction of sp³-hybridized carbons (Fsp3) is 0.417. The van der Waals surface area contributed by atoms with Gasteiger partial charge in [-0.3, -0.25) is 0 Å². The number of rotatable bonds is 6. The maximum atomic E-state index is 13.6. The molecule has 146 valence electrons. The molecule has 0 aromatic heterocycles. The largest absolute Gasteiger partial charge is 0.423 e. The Morgan fingerprint density at radius 3 is 2.46 bits per heavy atom. The molecule has 1 saturated carbocycles. The van der Waals surface area contributed by atoms with Crippen molar-refractivity contribution < 1.29 is 13.9 Å². The summed E-state index contributed by atoms with van der Waals surface area (Å²) in [6.45, 7) is 2.25. The van der Waals surface area contributed by atoms with Gasteiger partial charge < -0.3 is 4.74 Å². The van der Waals surface area contributed by atoms with Gasteiger partial charge in [-0.2, -0.15) is 5.26 Å². The van der Waals surface area contributed by atoms with E-state index in [0.717, 1.165) is 12.0 Å². The summed E-state index contributed by atoms with van der Waals surface area (Å²) in [4.78, 5) is 12.3. The molecule has 2 aromatic rings. The lowest BCUT2D eigenvalue weighted by Crippen LogP contribution is -2.14. The molecule has 1 aliphatic rings. The van der Waals surface area contributed by atoms with Crippen molar-refractivity contribution in [2.45, 2.75) is 57.8 Å². The highest BCUT2D eigenvalue weighted by Gasteiger charge is 2.22. The number of carbonyl (C=O) groups excluding carboxylic acids is 1. The Kier molecular flexibility index (Phi) is 6.81. The highest BCUT2D eigenvalue weighted by Crippen LogP contribution is 2.37. The molecular weight excluding hydrogens is 353 g/mol. The van der Waals surface area contributed by atoms with Crippen LogP contribution in [0.15, 0.2) is 42.5 Å². The molecule has 0 N–H and O–H groups in total. The quantitative estimate of drug-likeness (QED) is 0.432. The first-order valence-corrected chi connectivity index (χ1v) is 10.1. The molecule has 0 bridgehead atoms. The van der Waals surface area contributed by atoms with Crippen LogP contribution in [0.5, 0.6) is 5.75 Å². The zero-order valence-corrected chi connectivity index (χ0v) is 16.3. The van der Waals surface area contributed by atoms with Gasteiger partial charge in [0.25, 0.3) is 0 Å². The third kappa shape index (κ3) is 4.98. The Balaban J connectivity index is 1.57. The highest BCUT2D eigenvalue weighted by atomic mass is 19.1. The van der Waals surface area contributed by atoms with E-state index in [1.165, 1.54) is 62.6 Å². The standard InChI is InChI=1S/C24H26FNO2/c1-2-3-4-17-5-7-18(8-6-17)19-9-11-20(12-10-19)24(27)28-22-14-13-21(16-26)23(25)15-22/h9-15,17-18H,2-8H2,1H3. The lowest BCUT2D eigenvalue weighted by atomic mass is 9.77. The van der Waals surface area contributed by atoms with Crippen LogP contribution in [0.25, 0.3) is 0 Å². The molecule has 0 atom stereocenters. The second kappa shape index (κ2) is 9.50. The van der Waals surface area contributed by atoms with Gasteiger partial charge in [0.2, 0.25) is 0 Å². The normalized spacial score (nSPS) is 19.0. The van der Waals surface area contributed by atoms with Gasteiger partial charge in [-0.1, -0.05) is 38.3 Å². The summed E-state index contributed by atoms with van der Waals surface area (Å²) >= 11 is 0. The Hall–Kier alpha value is -2.67. The molecule has 1 aliphatic carbocycles. The fourth-order valence-corrected chi connectivity index (χ4v) is 3.98. The molecule has 0 radical (unpaired) electrons. The van der Waals surface area contributed by atoms with E-state index in [9.17, 15) is 9.18 Å². The number of nitriles is 1. The average molecular weight is 379 g/mol. The van der Waals surface area contributed by atoms with E-state index in [0.29, 0.717) is 11.5 Å². The molecule has 3 nitrogen and oxygen atoms in total. The van der Waals surface area contributed by atoms with Crippen LogP contribution < -0.4 is 4.74 Å². The summed E-state index contributed by atoms with van der Waals surface area (Å²) in [7, 11) is 0. The summed E-state index contributed by atoms with van der Waals surface area (Å²) in [5.74, 6) is 0.307. The lowest BCUT2D eigenvalue weighted by molar-refractivity contribution is 0.0734. The van der Waals surface area contributed by atoms with Gasteiger partial charge in [-0.25, -0.2) is 9.18 Å².